The highest BCUT2D eigenvalue weighted by Crippen LogP contribution is 2.25. The summed E-state index contributed by atoms with van der Waals surface area (Å²) in [6, 6.07) is 12.1. The molecule has 1 aliphatic heterocycles. The molecule has 3 aromatic rings. The summed E-state index contributed by atoms with van der Waals surface area (Å²) < 4.78 is 19.3. The molecule has 2 aromatic carbocycles. The van der Waals surface area contributed by atoms with Gasteiger partial charge in [0.15, 0.2) is 5.82 Å². The average Bonchev–Trinajstić information content (AvgIpc) is 2.74. The zero-order valence-electron chi connectivity index (χ0n) is 16.4. The van der Waals surface area contributed by atoms with Crippen molar-refractivity contribution in [1.82, 2.24) is 14.9 Å². The number of ether oxygens (including phenoxy) is 1. The number of rotatable bonds is 3. The van der Waals surface area contributed by atoms with Gasteiger partial charge in [-0.25, -0.2) is 19.2 Å². The lowest BCUT2D eigenvalue weighted by Crippen LogP contribution is -2.50. The van der Waals surface area contributed by atoms with E-state index in [0.717, 1.165) is 5.56 Å². The number of aromatic nitrogens is 2. The molecule has 1 fully saturated rings. The zero-order valence-corrected chi connectivity index (χ0v) is 16.4. The van der Waals surface area contributed by atoms with E-state index >= 15 is 0 Å². The van der Waals surface area contributed by atoms with Crippen LogP contribution in [0, 0.1) is 12.7 Å². The minimum Gasteiger partial charge on any atom is -0.478 e. The summed E-state index contributed by atoms with van der Waals surface area (Å²) in [5.74, 6) is 0.295. The molecule has 7 nitrogen and oxygen atoms in total. The monoisotopic (exact) mass is 395 g/mol. The van der Waals surface area contributed by atoms with Gasteiger partial charge in [0.2, 0.25) is 0 Å². The van der Waals surface area contributed by atoms with Crippen LogP contribution in [0.2, 0.25) is 0 Å². The van der Waals surface area contributed by atoms with Gasteiger partial charge in [-0.1, -0.05) is 18.2 Å². The number of fused-ring (bicyclic) bond motifs is 1. The number of nitrogens with zero attached hydrogens (tertiary/aromatic N) is 4. The molecular formula is C21H22FN5O2. The van der Waals surface area contributed by atoms with Gasteiger partial charge in [0, 0.05) is 26.2 Å². The van der Waals surface area contributed by atoms with Crippen molar-refractivity contribution in [1.29, 1.82) is 0 Å². The number of urea groups is 1. The molecular weight excluding hydrogens is 373 g/mol. The van der Waals surface area contributed by atoms with Crippen molar-refractivity contribution in [2.45, 2.75) is 6.92 Å². The smallest absolute Gasteiger partial charge is 0.323 e. The Morgan fingerprint density at radius 1 is 1.07 bits per heavy atom. The minimum absolute atomic E-state index is 0.253. The van der Waals surface area contributed by atoms with Crippen LogP contribution in [0.5, 0.6) is 5.88 Å². The van der Waals surface area contributed by atoms with E-state index in [-0.39, 0.29) is 23.5 Å². The largest absolute Gasteiger partial charge is 0.478 e. The number of para-hydroxylation sites is 1. The Morgan fingerprint density at radius 2 is 1.83 bits per heavy atom. The van der Waals surface area contributed by atoms with Crippen LogP contribution in [0.15, 0.2) is 42.5 Å². The molecule has 0 bridgehead atoms. The van der Waals surface area contributed by atoms with E-state index in [0.29, 0.717) is 42.9 Å². The minimum atomic E-state index is -0.280. The lowest BCUT2D eigenvalue weighted by molar-refractivity contribution is 0.208. The fourth-order valence-corrected chi connectivity index (χ4v) is 3.41. The van der Waals surface area contributed by atoms with Gasteiger partial charge in [-0.3, -0.25) is 5.32 Å². The van der Waals surface area contributed by atoms with Crippen molar-refractivity contribution in [3.05, 3.63) is 53.8 Å². The summed E-state index contributed by atoms with van der Waals surface area (Å²) in [6.45, 7) is 4.03. The summed E-state index contributed by atoms with van der Waals surface area (Å²) >= 11 is 0. The molecule has 0 atom stereocenters. The zero-order chi connectivity index (χ0) is 20.4. The Labute approximate surface area is 168 Å². The number of halogens is 1. The van der Waals surface area contributed by atoms with E-state index in [2.05, 4.69) is 15.3 Å². The highest BCUT2D eigenvalue weighted by molar-refractivity contribution is 5.91. The second-order valence-corrected chi connectivity index (χ2v) is 6.93. The summed E-state index contributed by atoms with van der Waals surface area (Å²) in [5, 5.41) is 2.80. The fraction of sp³-hybridized carbons (Fsp3) is 0.286. The standard InChI is InChI=1S/C21H22FN5O2/c1-14-7-8-16-17(13-14)24-20(29-2)19(23-16)25-21(28)27-11-9-26(10-12-27)18-6-4-3-5-15(18)22/h3-8,13H,9-12H2,1-2H3,(H,23,25,28). The van der Waals surface area contributed by atoms with Gasteiger partial charge in [-0.2, -0.15) is 0 Å². The molecule has 29 heavy (non-hydrogen) atoms. The Hall–Kier alpha value is -3.42. The highest BCUT2D eigenvalue weighted by Gasteiger charge is 2.24. The van der Waals surface area contributed by atoms with Crippen LogP contribution in [0.4, 0.5) is 20.7 Å². The highest BCUT2D eigenvalue weighted by atomic mass is 19.1. The van der Waals surface area contributed by atoms with Gasteiger partial charge in [-0.15, -0.1) is 0 Å². The number of hydrogen-bond donors (Lipinski definition) is 1. The Kier molecular flexibility index (Phi) is 5.16. The number of benzene rings is 2. The molecule has 1 N–H and O–H groups in total. The van der Waals surface area contributed by atoms with E-state index in [9.17, 15) is 9.18 Å². The molecule has 0 spiro atoms. The third-order valence-corrected chi connectivity index (χ3v) is 4.97. The van der Waals surface area contributed by atoms with Crippen LogP contribution >= 0.6 is 0 Å². The average molecular weight is 395 g/mol. The molecule has 2 amide bonds. The molecule has 0 saturated carbocycles. The number of hydrogen-bond acceptors (Lipinski definition) is 5. The van der Waals surface area contributed by atoms with Crippen LogP contribution < -0.4 is 15.0 Å². The van der Waals surface area contributed by atoms with E-state index in [1.165, 1.54) is 13.2 Å². The van der Waals surface area contributed by atoms with E-state index < -0.39 is 0 Å². The maximum Gasteiger partial charge on any atom is 0.323 e. The van der Waals surface area contributed by atoms with Gasteiger partial charge in [0.05, 0.1) is 23.8 Å². The van der Waals surface area contributed by atoms with Crippen LogP contribution in [-0.2, 0) is 0 Å². The topological polar surface area (TPSA) is 70.6 Å². The lowest BCUT2D eigenvalue weighted by Gasteiger charge is -2.36. The van der Waals surface area contributed by atoms with Crippen LogP contribution in [-0.4, -0.2) is 54.2 Å². The maximum atomic E-state index is 14.0. The van der Waals surface area contributed by atoms with Crippen molar-refractivity contribution in [2.24, 2.45) is 0 Å². The number of amides is 2. The molecule has 8 heteroatoms. The normalized spacial score (nSPS) is 14.2. The van der Waals surface area contributed by atoms with Crippen LogP contribution in [0.3, 0.4) is 0 Å². The maximum absolute atomic E-state index is 14.0. The quantitative estimate of drug-likeness (QED) is 0.736. The number of anilines is 2. The summed E-state index contributed by atoms with van der Waals surface area (Å²) in [7, 11) is 1.49. The molecule has 1 aromatic heterocycles. The van der Waals surface area contributed by atoms with E-state index in [4.69, 9.17) is 4.74 Å². The van der Waals surface area contributed by atoms with Gasteiger partial charge in [-0.05, 0) is 36.8 Å². The van der Waals surface area contributed by atoms with Crippen molar-refractivity contribution in [3.8, 4) is 5.88 Å². The van der Waals surface area contributed by atoms with Gasteiger partial charge in [0.1, 0.15) is 5.82 Å². The third kappa shape index (κ3) is 3.91. The molecule has 1 aliphatic rings. The third-order valence-electron chi connectivity index (χ3n) is 4.97. The molecule has 0 unspecified atom stereocenters. The first-order valence-electron chi connectivity index (χ1n) is 9.43. The first-order valence-corrected chi connectivity index (χ1v) is 9.43. The first-order chi connectivity index (χ1) is 14.0. The number of carbonyl (C=O) groups is 1. The fourth-order valence-electron chi connectivity index (χ4n) is 3.41. The lowest BCUT2D eigenvalue weighted by atomic mass is 10.2. The van der Waals surface area contributed by atoms with Crippen LogP contribution in [0.1, 0.15) is 5.56 Å². The molecule has 1 saturated heterocycles. The summed E-state index contributed by atoms with van der Waals surface area (Å²) in [4.78, 5) is 25.3. The molecule has 0 aliphatic carbocycles. The Morgan fingerprint density at radius 3 is 2.55 bits per heavy atom. The number of methoxy groups -OCH3 is 1. The van der Waals surface area contributed by atoms with Gasteiger partial charge >= 0.3 is 6.03 Å². The molecule has 2 heterocycles. The Bertz CT molecular complexity index is 1050. The second kappa shape index (κ2) is 7.90. The number of aryl methyl sites for hydroxylation is 1. The predicted octanol–water partition coefficient (Wildman–Crippen LogP) is 3.44. The van der Waals surface area contributed by atoms with Crippen molar-refractivity contribution in [3.63, 3.8) is 0 Å². The van der Waals surface area contributed by atoms with Crippen LogP contribution in [0.25, 0.3) is 11.0 Å². The van der Waals surface area contributed by atoms with Crippen molar-refractivity contribution in [2.75, 3.05) is 43.5 Å². The predicted molar refractivity (Wildman–Crippen MR) is 110 cm³/mol. The van der Waals surface area contributed by atoms with Crippen molar-refractivity contribution < 1.29 is 13.9 Å². The first kappa shape index (κ1) is 18.9. The summed E-state index contributed by atoms with van der Waals surface area (Å²) in [5.41, 5.74) is 3.01. The molecule has 4 rings (SSSR count). The number of piperazine rings is 1. The van der Waals surface area contributed by atoms with Gasteiger partial charge < -0.3 is 14.5 Å². The molecule has 150 valence electrons. The Balaban J connectivity index is 1.46. The second-order valence-electron chi connectivity index (χ2n) is 6.93. The van der Waals surface area contributed by atoms with E-state index in [1.54, 1.807) is 17.0 Å². The number of carbonyl (C=O) groups excluding carboxylic acids is 1. The van der Waals surface area contributed by atoms with Crippen molar-refractivity contribution >= 4 is 28.6 Å². The SMILES string of the molecule is COc1nc2cc(C)ccc2nc1NC(=O)N1CCN(c2ccccc2F)CC1. The van der Waals surface area contributed by atoms with Gasteiger partial charge in [0.25, 0.3) is 5.88 Å². The number of nitrogens with one attached hydrogen (secondary N) is 1. The van der Waals surface area contributed by atoms with E-state index in [1.807, 2.05) is 36.1 Å². The summed E-state index contributed by atoms with van der Waals surface area (Å²) in [6.07, 6.45) is 0. The molecule has 0 radical (unpaired) electrons.